The Kier molecular flexibility index (Phi) is 6.62. The van der Waals surface area contributed by atoms with Crippen LogP contribution in [0.2, 0.25) is 0 Å². The van der Waals surface area contributed by atoms with Gasteiger partial charge < -0.3 is 13.9 Å². The molecule has 35 heavy (non-hydrogen) atoms. The minimum Gasteiger partial charge on any atom is -0.459 e. The zero-order chi connectivity index (χ0) is 24.2. The highest BCUT2D eigenvalue weighted by atomic mass is 19.1. The van der Waals surface area contributed by atoms with E-state index >= 15 is 0 Å². The molecule has 1 saturated carbocycles. The number of carbonyl (C=O) groups is 1. The number of nitrogens with one attached hydrogen (secondary N) is 1. The Morgan fingerprint density at radius 2 is 1.83 bits per heavy atom. The van der Waals surface area contributed by atoms with Crippen molar-refractivity contribution in [2.24, 2.45) is 0 Å². The number of aryl methyl sites for hydroxylation is 1. The maximum Gasteiger partial charge on any atom is 0.338 e. The van der Waals surface area contributed by atoms with Crippen LogP contribution in [-0.2, 0) is 16.1 Å². The maximum absolute atomic E-state index is 13.2. The number of tetrazole rings is 1. The van der Waals surface area contributed by atoms with Crippen molar-refractivity contribution in [2.45, 2.75) is 51.4 Å². The molecule has 0 amide bonds. The topological polar surface area (TPSA) is 116 Å². The molecule has 2 unspecified atom stereocenters. The third-order valence-electron chi connectivity index (χ3n) is 6.02. The van der Waals surface area contributed by atoms with Crippen LogP contribution in [0.5, 0.6) is 0 Å². The van der Waals surface area contributed by atoms with E-state index in [-0.39, 0.29) is 24.0 Å². The normalized spacial score (nSPS) is 17.9. The van der Waals surface area contributed by atoms with E-state index in [2.05, 4.69) is 25.6 Å². The second-order valence-electron chi connectivity index (χ2n) is 8.47. The van der Waals surface area contributed by atoms with Crippen molar-refractivity contribution in [3.05, 3.63) is 71.4 Å². The Morgan fingerprint density at radius 1 is 1.09 bits per heavy atom. The van der Waals surface area contributed by atoms with E-state index in [0.29, 0.717) is 47.3 Å². The predicted octanol–water partition coefficient (Wildman–Crippen LogP) is 4.65. The number of esters is 1. The molecule has 0 saturated heterocycles. The Labute approximate surface area is 200 Å². The summed E-state index contributed by atoms with van der Waals surface area (Å²) < 4.78 is 30.8. The van der Waals surface area contributed by atoms with E-state index in [1.807, 2.05) is 6.92 Å². The van der Waals surface area contributed by atoms with Crippen LogP contribution in [0.1, 0.15) is 47.5 Å². The first-order chi connectivity index (χ1) is 17.0. The fraction of sp³-hybridized carbons (Fsp3) is 0.320. The van der Waals surface area contributed by atoms with Crippen LogP contribution in [0.3, 0.4) is 0 Å². The van der Waals surface area contributed by atoms with Gasteiger partial charge in [-0.3, -0.25) is 0 Å². The number of hydrogen-bond donors (Lipinski definition) is 1. The number of ether oxygens (including phenoxy) is 2. The number of rotatable bonds is 7. The van der Waals surface area contributed by atoms with Crippen molar-refractivity contribution in [1.82, 2.24) is 25.6 Å². The largest absolute Gasteiger partial charge is 0.459 e. The molecular formula is C25H24FN5O4. The number of halogens is 1. The average molecular weight is 477 g/mol. The van der Waals surface area contributed by atoms with Crippen LogP contribution >= 0.6 is 0 Å². The van der Waals surface area contributed by atoms with Crippen molar-refractivity contribution < 1.29 is 23.1 Å². The van der Waals surface area contributed by atoms with Crippen LogP contribution in [0.15, 0.2) is 52.9 Å². The van der Waals surface area contributed by atoms with Gasteiger partial charge in [-0.1, -0.05) is 12.1 Å². The molecule has 2 aromatic heterocycles. The summed E-state index contributed by atoms with van der Waals surface area (Å²) in [6, 6.07) is 12.9. The number of oxazole rings is 1. The van der Waals surface area contributed by atoms with Crippen LogP contribution in [-0.4, -0.2) is 43.8 Å². The van der Waals surface area contributed by atoms with E-state index in [9.17, 15) is 9.18 Å². The lowest BCUT2D eigenvalue weighted by Crippen LogP contribution is -2.30. The first kappa shape index (κ1) is 22.9. The molecule has 1 aliphatic carbocycles. The van der Waals surface area contributed by atoms with Gasteiger partial charge in [0, 0.05) is 17.5 Å². The lowest BCUT2D eigenvalue weighted by atomic mass is 9.94. The van der Waals surface area contributed by atoms with E-state index in [0.717, 1.165) is 24.8 Å². The quantitative estimate of drug-likeness (QED) is 0.382. The van der Waals surface area contributed by atoms with Crippen molar-refractivity contribution in [3.8, 4) is 22.8 Å². The molecule has 2 heterocycles. The fourth-order valence-electron chi connectivity index (χ4n) is 4.09. The molecule has 0 aliphatic heterocycles. The van der Waals surface area contributed by atoms with Crippen LogP contribution < -0.4 is 0 Å². The summed E-state index contributed by atoms with van der Waals surface area (Å²) in [4.78, 5) is 17.2. The summed E-state index contributed by atoms with van der Waals surface area (Å²) in [7, 11) is 0. The number of H-pyrrole nitrogens is 1. The monoisotopic (exact) mass is 477 g/mol. The second kappa shape index (κ2) is 10.1. The summed E-state index contributed by atoms with van der Waals surface area (Å²) in [5.74, 6) is 0.874. The highest BCUT2D eigenvalue weighted by molar-refractivity contribution is 5.90. The molecule has 10 heteroatoms. The van der Waals surface area contributed by atoms with Crippen LogP contribution in [0.4, 0.5) is 4.39 Å². The number of aromatic nitrogens is 5. The summed E-state index contributed by atoms with van der Waals surface area (Å²) in [6.07, 6.45) is 2.94. The Bertz CT molecular complexity index is 1270. The van der Waals surface area contributed by atoms with Crippen molar-refractivity contribution in [1.29, 1.82) is 0 Å². The predicted molar refractivity (Wildman–Crippen MR) is 122 cm³/mol. The summed E-state index contributed by atoms with van der Waals surface area (Å²) in [6.45, 7) is 2.12. The molecule has 0 bridgehead atoms. The SMILES string of the molecule is Cc1oc(-c2ccc(F)cc2)nc1COC1CCCC(OC(=O)c2ccc(-c3nn[nH]n3)cc2)C1. The third kappa shape index (κ3) is 5.43. The van der Waals surface area contributed by atoms with Gasteiger partial charge in [0.25, 0.3) is 0 Å². The smallest absolute Gasteiger partial charge is 0.338 e. The van der Waals surface area contributed by atoms with E-state index in [1.54, 1.807) is 36.4 Å². The van der Waals surface area contributed by atoms with Crippen molar-refractivity contribution in [3.63, 3.8) is 0 Å². The highest BCUT2D eigenvalue weighted by Gasteiger charge is 2.26. The lowest BCUT2D eigenvalue weighted by molar-refractivity contribution is -0.0368. The van der Waals surface area contributed by atoms with Gasteiger partial charge in [0.1, 0.15) is 23.4 Å². The number of carbonyl (C=O) groups excluding carboxylic acids is 1. The zero-order valence-electron chi connectivity index (χ0n) is 19.1. The minimum absolute atomic E-state index is 0.0486. The molecule has 2 atom stereocenters. The molecule has 1 aliphatic rings. The molecule has 2 aromatic carbocycles. The first-order valence-corrected chi connectivity index (χ1v) is 11.4. The molecular weight excluding hydrogens is 453 g/mol. The highest BCUT2D eigenvalue weighted by Crippen LogP contribution is 2.27. The van der Waals surface area contributed by atoms with E-state index in [4.69, 9.17) is 13.9 Å². The maximum atomic E-state index is 13.2. The van der Waals surface area contributed by atoms with E-state index in [1.165, 1.54) is 12.1 Å². The Hall–Kier alpha value is -3.92. The van der Waals surface area contributed by atoms with E-state index < -0.39 is 0 Å². The molecule has 5 rings (SSSR count). The molecule has 0 spiro atoms. The molecule has 9 nitrogen and oxygen atoms in total. The molecule has 180 valence electrons. The number of aromatic amines is 1. The molecule has 4 aromatic rings. The second-order valence-corrected chi connectivity index (χ2v) is 8.47. The zero-order valence-corrected chi connectivity index (χ0v) is 19.1. The first-order valence-electron chi connectivity index (χ1n) is 11.4. The standard InChI is InChI=1S/C25H24FN5O4/c1-15-22(27-24(34-15)17-9-11-19(26)12-10-17)14-33-20-3-2-4-21(13-20)35-25(32)18-7-5-16(6-8-18)23-28-30-31-29-23/h5-12,20-21H,2-4,13-14H2,1H3,(H,28,29,30,31). The van der Waals surface area contributed by atoms with Crippen molar-refractivity contribution in [2.75, 3.05) is 0 Å². The Balaban J connectivity index is 1.15. The van der Waals surface area contributed by atoms with Crippen LogP contribution in [0.25, 0.3) is 22.8 Å². The molecule has 1 N–H and O–H groups in total. The number of hydrogen-bond acceptors (Lipinski definition) is 8. The van der Waals surface area contributed by atoms with Gasteiger partial charge in [0.2, 0.25) is 11.7 Å². The van der Waals surface area contributed by atoms with Gasteiger partial charge in [-0.15, -0.1) is 10.2 Å². The summed E-state index contributed by atoms with van der Waals surface area (Å²) in [5.41, 5.74) is 2.62. The van der Waals surface area contributed by atoms with Crippen LogP contribution in [0, 0.1) is 12.7 Å². The average Bonchev–Trinajstić information content (AvgIpc) is 3.54. The molecule has 1 fully saturated rings. The number of benzene rings is 2. The van der Waals surface area contributed by atoms with Gasteiger partial charge >= 0.3 is 5.97 Å². The van der Waals surface area contributed by atoms with Gasteiger partial charge in [-0.2, -0.15) is 5.21 Å². The Morgan fingerprint density at radius 3 is 2.57 bits per heavy atom. The lowest BCUT2D eigenvalue weighted by Gasteiger charge is -2.28. The molecule has 0 radical (unpaired) electrons. The van der Waals surface area contributed by atoms with Gasteiger partial charge in [-0.05, 0) is 67.8 Å². The fourth-order valence-corrected chi connectivity index (χ4v) is 4.09. The van der Waals surface area contributed by atoms with Gasteiger partial charge in [0.05, 0.1) is 18.3 Å². The van der Waals surface area contributed by atoms with Gasteiger partial charge in [-0.25, -0.2) is 14.2 Å². The summed E-state index contributed by atoms with van der Waals surface area (Å²) in [5, 5.41) is 13.8. The van der Waals surface area contributed by atoms with Gasteiger partial charge in [0.15, 0.2) is 0 Å². The number of nitrogens with zero attached hydrogens (tertiary/aromatic N) is 4. The summed E-state index contributed by atoms with van der Waals surface area (Å²) >= 11 is 0. The van der Waals surface area contributed by atoms with Crippen molar-refractivity contribution >= 4 is 5.97 Å². The minimum atomic E-state index is -0.369. The third-order valence-corrected chi connectivity index (χ3v) is 6.02.